The van der Waals surface area contributed by atoms with Crippen LogP contribution >= 0.6 is 0 Å². The van der Waals surface area contributed by atoms with Crippen molar-refractivity contribution in [3.8, 4) is 0 Å². The zero-order chi connectivity index (χ0) is 14.1. The van der Waals surface area contributed by atoms with Crippen LogP contribution in [0.15, 0.2) is 0 Å². The highest BCUT2D eigenvalue weighted by Crippen LogP contribution is 2.17. The zero-order valence-electron chi connectivity index (χ0n) is 11.4. The fourth-order valence-corrected chi connectivity index (χ4v) is 3.27. The second-order valence-electron chi connectivity index (χ2n) is 4.55. The molecule has 1 aliphatic rings. The first-order chi connectivity index (χ1) is 9.10. The van der Waals surface area contributed by atoms with Crippen molar-refractivity contribution in [3.63, 3.8) is 0 Å². The minimum atomic E-state index is -3.46. The van der Waals surface area contributed by atoms with Gasteiger partial charge in [0, 0.05) is 33.4 Å². The lowest BCUT2D eigenvalue weighted by Crippen LogP contribution is -2.47. The molecule has 1 aliphatic heterocycles. The number of hydrogen-bond donors (Lipinski definition) is 2. The lowest BCUT2D eigenvalue weighted by molar-refractivity contribution is 0.0734. The van der Waals surface area contributed by atoms with E-state index in [2.05, 4.69) is 4.72 Å². The molecule has 0 amide bonds. The molecule has 1 heterocycles. The number of nitrogens with zero attached hydrogens (tertiary/aromatic N) is 1. The lowest BCUT2D eigenvalue weighted by atomic mass is 10.0. The summed E-state index contributed by atoms with van der Waals surface area (Å²) in [5.74, 6) is 0.0447. The predicted octanol–water partition coefficient (Wildman–Crippen LogP) is -0.812. The lowest BCUT2D eigenvalue weighted by Gasteiger charge is -2.30. The molecule has 0 aliphatic carbocycles. The number of piperidine rings is 1. The van der Waals surface area contributed by atoms with E-state index in [0.717, 1.165) is 12.8 Å². The van der Waals surface area contributed by atoms with Gasteiger partial charge in [-0.3, -0.25) is 0 Å². The number of aliphatic hydroxyl groups excluding tert-OH is 1. The number of rotatable bonds is 9. The van der Waals surface area contributed by atoms with E-state index >= 15 is 0 Å². The van der Waals surface area contributed by atoms with Crippen molar-refractivity contribution in [1.29, 1.82) is 0 Å². The van der Waals surface area contributed by atoms with Gasteiger partial charge in [0.05, 0.1) is 19.8 Å². The highest BCUT2D eigenvalue weighted by atomic mass is 32.2. The Bertz CT molecular complexity index is 336. The number of hydrogen-bond acceptors (Lipinski definition) is 5. The van der Waals surface area contributed by atoms with Crippen LogP contribution in [0.4, 0.5) is 0 Å². The van der Waals surface area contributed by atoms with Crippen molar-refractivity contribution >= 4 is 10.2 Å². The zero-order valence-corrected chi connectivity index (χ0v) is 12.2. The van der Waals surface area contributed by atoms with Crippen molar-refractivity contribution in [3.05, 3.63) is 0 Å². The molecule has 0 bridgehead atoms. The molecule has 1 fully saturated rings. The van der Waals surface area contributed by atoms with Crippen LogP contribution in [0.1, 0.15) is 12.8 Å². The smallest absolute Gasteiger partial charge is 0.279 e. The van der Waals surface area contributed by atoms with Gasteiger partial charge in [0.15, 0.2) is 0 Å². The number of aliphatic hydroxyl groups is 1. The van der Waals surface area contributed by atoms with E-state index in [4.69, 9.17) is 14.6 Å². The van der Waals surface area contributed by atoms with Gasteiger partial charge in [-0.2, -0.15) is 17.4 Å². The molecule has 2 N–H and O–H groups in total. The van der Waals surface area contributed by atoms with Crippen molar-refractivity contribution in [2.45, 2.75) is 12.8 Å². The predicted molar refractivity (Wildman–Crippen MR) is 71.0 cm³/mol. The van der Waals surface area contributed by atoms with Gasteiger partial charge >= 0.3 is 0 Å². The van der Waals surface area contributed by atoms with Gasteiger partial charge in [0.1, 0.15) is 0 Å². The van der Waals surface area contributed by atoms with Crippen LogP contribution < -0.4 is 4.72 Å². The summed E-state index contributed by atoms with van der Waals surface area (Å²) in [5, 5.41) is 9.10. The van der Waals surface area contributed by atoms with E-state index < -0.39 is 10.2 Å². The molecule has 1 rings (SSSR count). The minimum Gasteiger partial charge on any atom is -0.396 e. The maximum absolute atomic E-state index is 12.0. The van der Waals surface area contributed by atoms with E-state index in [1.807, 2.05) is 0 Å². The molecule has 0 aromatic heterocycles. The van der Waals surface area contributed by atoms with Crippen LogP contribution in [0, 0.1) is 5.92 Å². The van der Waals surface area contributed by atoms with Gasteiger partial charge in [0.2, 0.25) is 0 Å². The molecule has 114 valence electrons. The van der Waals surface area contributed by atoms with E-state index in [1.165, 1.54) is 4.31 Å². The second kappa shape index (κ2) is 8.83. The minimum absolute atomic E-state index is 0.0339. The monoisotopic (exact) mass is 296 g/mol. The van der Waals surface area contributed by atoms with Crippen molar-refractivity contribution in [2.75, 3.05) is 53.2 Å². The van der Waals surface area contributed by atoms with E-state index in [0.29, 0.717) is 32.9 Å². The quantitative estimate of drug-likeness (QED) is 0.543. The van der Waals surface area contributed by atoms with Gasteiger partial charge in [0.25, 0.3) is 10.2 Å². The van der Waals surface area contributed by atoms with Gasteiger partial charge in [-0.15, -0.1) is 0 Å². The highest BCUT2D eigenvalue weighted by Gasteiger charge is 2.27. The summed E-state index contributed by atoms with van der Waals surface area (Å²) < 4.78 is 37.9. The first-order valence-electron chi connectivity index (χ1n) is 6.52. The Hall–Kier alpha value is -0.250. The third-order valence-corrected chi connectivity index (χ3v) is 4.62. The molecule has 7 nitrogen and oxygen atoms in total. The summed E-state index contributed by atoms with van der Waals surface area (Å²) in [6, 6.07) is 0. The van der Waals surface area contributed by atoms with Crippen molar-refractivity contribution in [2.24, 2.45) is 5.92 Å². The van der Waals surface area contributed by atoms with Gasteiger partial charge in [-0.05, 0) is 18.8 Å². The maximum atomic E-state index is 12.0. The molecule has 0 radical (unpaired) electrons. The maximum Gasteiger partial charge on any atom is 0.279 e. The Morgan fingerprint density at radius 3 is 2.84 bits per heavy atom. The third kappa shape index (κ3) is 6.15. The molecular formula is C11H24N2O5S. The number of methoxy groups -OCH3 is 1. The van der Waals surface area contributed by atoms with Crippen molar-refractivity contribution < 1.29 is 23.0 Å². The molecule has 0 saturated carbocycles. The van der Waals surface area contributed by atoms with Crippen LogP contribution in [0.2, 0.25) is 0 Å². The molecule has 19 heavy (non-hydrogen) atoms. The standard InChI is InChI=1S/C11H24N2O5S/c1-17-7-8-18-6-4-12-19(15,16)13-5-2-3-11(9-13)10-14/h11-12,14H,2-10H2,1H3. The summed E-state index contributed by atoms with van der Waals surface area (Å²) in [7, 11) is -1.87. The SMILES string of the molecule is COCCOCCNS(=O)(=O)N1CCCC(CO)C1. The third-order valence-electron chi connectivity index (χ3n) is 3.04. The number of ether oxygens (including phenoxy) is 2. The molecular weight excluding hydrogens is 272 g/mol. The molecule has 8 heteroatoms. The first kappa shape index (κ1) is 16.8. The molecule has 0 aromatic carbocycles. The van der Waals surface area contributed by atoms with Gasteiger partial charge < -0.3 is 14.6 Å². The largest absolute Gasteiger partial charge is 0.396 e. The molecule has 1 unspecified atom stereocenters. The van der Waals surface area contributed by atoms with Gasteiger partial charge in [-0.1, -0.05) is 0 Å². The Morgan fingerprint density at radius 1 is 1.37 bits per heavy atom. The average Bonchev–Trinajstić information content (AvgIpc) is 2.43. The molecule has 1 atom stereocenters. The normalized spacial score (nSPS) is 21.7. The van der Waals surface area contributed by atoms with E-state index in [-0.39, 0.29) is 19.1 Å². The fraction of sp³-hybridized carbons (Fsp3) is 1.00. The summed E-state index contributed by atoms with van der Waals surface area (Å²) in [6.07, 6.45) is 1.67. The highest BCUT2D eigenvalue weighted by molar-refractivity contribution is 7.87. The van der Waals surface area contributed by atoms with Crippen LogP contribution in [0.25, 0.3) is 0 Å². The number of nitrogens with one attached hydrogen (secondary N) is 1. The van der Waals surface area contributed by atoms with E-state index in [1.54, 1.807) is 7.11 Å². The van der Waals surface area contributed by atoms with Gasteiger partial charge in [-0.25, -0.2) is 0 Å². The van der Waals surface area contributed by atoms with Crippen LogP contribution in [0.3, 0.4) is 0 Å². The topological polar surface area (TPSA) is 88.1 Å². The first-order valence-corrected chi connectivity index (χ1v) is 7.96. The Kier molecular flexibility index (Phi) is 7.81. The molecule has 0 aromatic rings. The van der Waals surface area contributed by atoms with Crippen LogP contribution in [-0.4, -0.2) is 71.0 Å². The van der Waals surface area contributed by atoms with E-state index in [9.17, 15) is 8.42 Å². The summed E-state index contributed by atoms with van der Waals surface area (Å²) in [6.45, 7) is 2.44. The van der Waals surface area contributed by atoms with Crippen LogP contribution in [-0.2, 0) is 19.7 Å². The summed E-state index contributed by atoms with van der Waals surface area (Å²) in [5.41, 5.74) is 0. The summed E-state index contributed by atoms with van der Waals surface area (Å²) in [4.78, 5) is 0. The molecule has 1 saturated heterocycles. The van der Waals surface area contributed by atoms with Crippen LogP contribution in [0.5, 0.6) is 0 Å². The average molecular weight is 296 g/mol. The Balaban J connectivity index is 2.26. The van der Waals surface area contributed by atoms with Crippen molar-refractivity contribution in [1.82, 2.24) is 9.03 Å². The summed E-state index contributed by atoms with van der Waals surface area (Å²) >= 11 is 0. The second-order valence-corrected chi connectivity index (χ2v) is 6.31. The fourth-order valence-electron chi connectivity index (χ4n) is 1.97. The Morgan fingerprint density at radius 2 is 2.16 bits per heavy atom. The molecule has 0 spiro atoms. The Labute approximate surface area is 115 Å².